The zero-order valence-corrected chi connectivity index (χ0v) is 40.9. The number of hydroxylamine groups is 2. The molecule has 12 heteroatoms. The lowest BCUT2D eigenvalue weighted by Crippen LogP contribution is -2.49. The second kappa shape index (κ2) is 40.1. The summed E-state index contributed by atoms with van der Waals surface area (Å²) < 4.78 is 5.94. The Morgan fingerprint density at radius 2 is 1.29 bits per heavy atom. The number of hydrogen-bond donors (Lipinski definition) is 2. The number of carbonyl (C=O) groups excluding carboxylic acids is 4. The average Bonchev–Trinajstić information content (AvgIpc) is 3.08. The smallest absolute Gasteiger partial charge is 0.246 e. The first-order valence-electron chi connectivity index (χ1n) is 21.2. The summed E-state index contributed by atoms with van der Waals surface area (Å²) in [5, 5.41) is 12.8. The van der Waals surface area contributed by atoms with Crippen molar-refractivity contribution in [2.24, 2.45) is 16.2 Å². The predicted molar refractivity (Wildman–Crippen MR) is 246 cm³/mol. The minimum atomic E-state index is -0.167. The van der Waals surface area contributed by atoms with Gasteiger partial charge in [0.1, 0.15) is 18.4 Å². The van der Waals surface area contributed by atoms with Gasteiger partial charge in [0.25, 0.3) is 0 Å². The van der Waals surface area contributed by atoms with Crippen LogP contribution in [0.1, 0.15) is 136 Å². The van der Waals surface area contributed by atoms with Gasteiger partial charge in [-0.15, -0.1) is 13.2 Å². The number of hydrogen-bond acceptors (Lipinski definition) is 11. The van der Waals surface area contributed by atoms with Crippen molar-refractivity contribution in [2.75, 3.05) is 86.4 Å². The molecule has 1 fully saturated rings. The van der Waals surface area contributed by atoms with E-state index >= 15 is 0 Å². The van der Waals surface area contributed by atoms with Gasteiger partial charge in [0.15, 0.2) is 0 Å². The van der Waals surface area contributed by atoms with Crippen molar-refractivity contribution in [2.45, 2.75) is 148 Å². The molecule has 0 saturated carbocycles. The van der Waals surface area contributed by atoms with Crippen LogP contribution in [-0.2, 0) is 28.8 Å². The molecule has 2 N–H and O–H groups in total. The quantitative estimate of drug-likeness (QED) is 0.102. The lowest BCUT2D eigenvalue weighted by atomic mass is 9.94. The Balaban J connectivity index is -0.000000269. The highest BCUT2D eigenvalue weighted by atomic mass is 16.7. The van der Waals surface area contributed by atoms with Crippen LogP contribution in [-0.4, -0.2) is 148 Å². The summed E-state index contributed by atoms with van der Waals surface area (Å²) in [4.78, 5) is 54.6. The maximum Gasteiger partial charge on any atom is 0.246 e. The Hall–Kier alpha value is -2.32. The number of allylic oxidation sites excluding steroid dienone is 2. The summed E-state index contributed by atoms with van der Waals surface area (Å²) in [6, 6.07) is -0.103. The van der Waals surface area contributed by atoms with Gasteiger partial charge >= 0.3 is 0 Å². The Morgan fingerprint density at radius 1 is 0.845 bits per heavy atom. The third kappa shape index (κ3) is 60.4. The van der Waals surface area contributed by atoms with E-state index in [4.69, 9.17) is 14.6 Å². The van der Waals surface area contributed by atoms with E-state index in [1.54, 1.807) is 33.9 Å². The van der Waals surface area contributed by atoms with E-state index in [-0.39, 0.29) is 29.3 Å². The van der Waals surface area contributed by atoms with Crippen LogP contribution in [0.25, 0.3) is 0 Å². The van der Waals surface area contributed by atoms with Gasteiger partial charge in [-0.05, 0) is 63.2 Å². The van der Waals surface area contributed by atoms with Crippen LogP contribution >= 0.6 is 0 Å². The number of nitrogens with zero attached hydrogens (tertiary/aromatic N) is 4. The molecule has 1 saturated heterocycles. The average molecular weight is 830 g/mol. The molecule has 1 rings (SSSR count). The number of amides is 1. The SMILES string of the molecule is C=CCCC(=O)N(C)OC.C=CCCC(C=O)N1CCNCCN(COCC(C)(C)C)CCN(CC(C)=O)CC1.CC(C)(C)C.CC(C)O.CC=O.CCC(C)(C)C. The molecule has 58 heavy (non-hydrogen) atoms. The van der Waals surface area contributed by atoms with Crippen LogP contribution in [0.3, 0.4) is 0 Å². The van der Waals surface area contributed by atoms with E-state index in [1.807, 2.05) is 6.08 Å². The Kier molecular flexibility index (Phi) is 44.8. The molecule has 346 valence electrons. The first kappa shape index (κ1) is 64.8. The first-order chi connectivity index (χ1) is 26.7. The van der Waals surface area contributed by atoms with Crippen molar-refractivity contribution in [3.05, 3.63) is 25.3 Å². The van der Waals surface area contributed by atoms with E-state index in [0.29, 0.717) is 36.9 Å². The van der Waals surface area contributed by atoms with Gasteiger partial charge in [0.05, 0.1) is 33.0 Å². The standard InChI is InChI=1S/C23H44N4O3.C7H13NO2.C6H14.C5H12.C3H8O.C2H4O/c1-6-7-8-22(18-28)27-12-10-24-9-11-26(20-30-19-23(3,4)5)14-13-25(15-16-27)17-21(2)29;1-4-5-6-7(9)8(2)10-3;1-5-6(2,3)4;1-5(2,3)4;1-3(2)4;1-2-3/h6,18,22,24H,1,7-17,19-20H2,2-5H3;4H,1,5-6H2,2-3H3;5H2,1-4H3;1-4H3;3-4H,1-2H3;2H,1H3. The summed E-state index contributed by atoms with van der Waals surface area (Å²) in [6.07, 6.45) is 9.27. The molecule has 1 aliphatic rings. The molecule has 1 amide bonds. The predicted octanol–water partition coefficient (Wildman–Crippen LogP) is 7.70. The normalized spacial score (nSPS) is 15.1. The molecule has 1 atom stereocenters. The molecule has 1 aliphatic heterocycles. The van der Waals surface area contributed by atoms with Crippen molar-refractivity contribution in [1.82, 2.24) is 25.1 Å². The zero-order chi connectivity index (χ0) is 46.4. The Labute approximate surface area is 358 Å². The molecular formula is C46H95N5O7. The van der Waals surface area contributed by atoms with Gasteiger partial charge in [-0.3, -0.25) is 29.1 Å². The maximum absolute atomic E-state index is 11.8. The van der Waals surface area contributed by atoms with Gasteiger partial charge in [-0.1, -0.05) is 94.7 Å². The van der Waals surface area contributed by atoms with E-state index in [9.17, 15) is 14.4 Å². The van der Waals surface area contributed by atoms with Gasteiger partial charge in [-0.2, -0.15) is 0 Å². The minimum Gasteiger partial charge on any atom is -0.394 e. The van der Waals surface area contributed by atoms with Gasteiger partial charge in [0.2, 0.25) is 5.91 Å². The van der Waals surface area contributed by atoms with Crippen molar-refractivity contribution >= 4 is 24.3 Å². The second-order valence-corrected chi connectivity index (χ2v) is 18.6. The number of aldehydes is 2. The largest absolute Gasteiger partial charge is 0.394 e. The Morgan fingerprint density at radius 3 is 1.69 bits per heavy atom. The molecule has 0 radical (unpaired) electrons. The molecule has 0 bridgehead atoms. The summed E-state index contributed by atoms with van der Waals surface area (Å²) in [6.45, 7) is 46.4. The molecule has 0 aromatic rings. The van der Waals surface area contributed by atoms with Crippen LogP contribution in [0.15, 0.2) is 25.3 Å². The van der Waals surface area contributed by atoms with Gasteiger partial charge < -0.3 is 24.7 Å². The van der Waals surface area contributed by atoms with E-state index in [2.05, 4.69) is 114 Å². The maximum atomic E-state index is 11.8. The highest BCUT2D eigenvalue weighted by molar-refractivity contribution is 5.77. The molecular weight excluding hydrogens is 735 g/mol. The number of rotatable bonds is 14. The lowest BCUT2D eigenvalue weighted by molar-refractivity contribution is -0.168. The number of aliphatic hydroxyl groups is 1. The van der Waals surface area contributed by atoms with E-state index in [1.165, 1.54) is 25.5 Å². The molecule has 12 nitrogen and oxygen atoms in total. The number of carbonyl (C=O) groups is 4. The van der Waals surface area contributed by atoms with Gasteiger partial charge in [-0.25, -0.2) is 5.06 Å². The molecule has 1 heterocycles. The fraction of sp³-hybridized carbons (Fsp3) is 0.826. The van der Waals surface area contributed by atoms with Crippen molar-refractivity contribution in [3.8, 4) is 0 Å². The lowest BCUT2D eigenvalue weighted by Gasteiger charge is -2.33. The van der Waals surface area contributed by atoms with Gasteiger partial charge in [0, 0.05) is 71.9 Å². The molecule has 0 aromatic carbocycles. The highest BCUT2D eigenvalue weighted by Crippen LogP contribution is 2.16. The Bertz CT molecular complexity index is 995. The number of aliphatic hydroxyl groups excluding tert-OH is 1. The summed E-state index contributed by atoms with van der Waals surface area (Å²) in [5.41, 5.74) is 1.19. The monoisotopic (exact) mass is 830 g/mol. The summed E-state index contributed by atoms with van der Waals surface area (Å²) in [7, 11) is 3.05. The summed E-state index contributed by atoms with van der Waals surface area (Å²) in [5.74, 6) is 0.145. The van der Waals surface area contributed by atoms with Crippen LogP contribution in [0, 0.1) is 16.2 Å². The molecule has 0 spiro atoms. The zero-order valence-electron chi connectivity index (χ0n) is 40.9. The molecule has 1 unspecified atom stereocenters. The van der Waals surface area contributed by atoms with Crippen LogP contribution in [0.4, 0.5) is 0 Å². The number of Topliss-reactive ketones (excluding diaryl/α,β-unsaturated/α-hetero) is 1. The topological polar surface area (TPSA) is 132 Å². The molecule has 0 aliphatic carbocycles. The fourth-order valence-electron chi connectivity index (χ4n) is 4.00. The van der Waals surface area contributed by atoms with Crippen LogP contribution < -0.4 is 5.32 Å². The van der Waals surface area contributed by atoms with Crippen LogP contribution in [0.5, 0.6) is 0 Å². The minimum absolute atomic E-state index is 0.0256. The van der Waals surface area contributed by atoms with E-state index in [0.717, 1.165) is 84.4 Å². The second-order valence-electron chi connectivity index (χ2n) is 18.6. The first-order valence-corrected chi connectivity index (χ1v) is 21.2. The summed E-state index contributed by atoms with van der Waals surface area (Å²) >= 11 is 0. The number of ether oxygens (including phenoxy) is 1. The van der Waals surface area contributed by atoms with Crippen molar-refractivity contribution in [1.29, 1.82) is 0 Å². The van der Waals surface area contributed by atoms with E-state index < -0.39 is 0 Å². The highest BCUT2D eigenvalue weighted by Gasteiger charge is 2.20. The third-order valence-electron chi connectivity index (χ3n) is 7.41. The fourth-order valence-corrected chi connectivity index (χ4v) is 4.00. The van der Waals surface area contributed by atoms with Crippen molar-refractivity contribution in [3.63, 3.8) is 0 Å². The van der Waals surface area contributed by atoms with Crippen molar-refractivity contribution < 1.29 is 33.9 Å². The molecule has 0 aromatic heterocycles. The van der Waals surface area contributed by atoms with Crippen LogP contribution in [0.2, 0.25) is 0 Å². The number of nitrogens with one attached hydrogen (secondary N) is 1. The number of ketones is 1. The third-order valence-corrected chi connectivity index (χ3v) is 7.41.